The van der Waals surface area contributed by atoms with Crippen molar-refractivity contribution < 1.29 is 19.2 Å². The monoisotopic (exact) mass is 427 g/mol. The number of aryl methyl sites for hydroxylation is 1. The number of amides is 5. The van der Waals surface area contributed by atoms with E-state index in [9.17, 15) is 19.2 Å². The van der Waals surface area contributed by atoms with Gasteiger partial charge in [-0.05, 0) is 38.2 Å². The van der Waals surface area contributed by atoms with E-state index in [-0.39, 0.29) is 18.4 Å². The van der Waals surface area contributed by atoms with Crippen molar-refractivity contribution in [1.82, 2.24) is 25.6 Å². The molecule has 1 atom stereocenters. The maximum Gasteiger partial charge on any atom is 0.344 e. The summed E-state index contributed by atoms with van der Waals surface area (Å²) in [6.45, 7) is 4.15. The molecular weight excluding hydrogens is 398 g/mol. The van der Waals surface area contributed by atoms with Crippen molar-refractivity contribution in [2.24, 2.45) is 5.92 Å². The number of imide groups is 1. The third-order valence-electron chi connectivity index (χ3n) is 6.23. The molecule has 1 saturated carbocycles. The predicted molar refractivity (Wildman–Crippen MR) is 112 cm³/mol. The van der Waals surface area contributed by atoms with E-state index in [4.69, 9.17) is 0 Å². The predicted octanol–water partition coefficient (Wildman–Crippen LogP) is 0.515. The van der Waals surface area contributed by atoms with E-state index in [1.807, 2.05) is 40.1 Å². The lowest BCUT2D eigenvalue weighted by atomic mass is 9.93. The van der Waals surface area contributed by atoms with Crippen LogP contribution in [0.3, 0.4) is 0 Å². The zero-order valence-electron chi connectivity index (χ0n) is 17.8. The second kappa shape index (κ2) is 8.66. The van der Waals surface area contributed by atoms with E-state index >= 15 is 0 Å². The van der Waals surface area contributed by atoms with Crippen molar-refractivity contribution in [3.8, 4) is 0 Å². The smallest absolute Gasteiger partial charge is 0.340 e. The maximum absolute atomic E-state index is 12.8. The van der Waals surface area contributed by atoms with Gasteiger partial charge in [0.15, 0.2) is 0 Å². The molecule has 0 spiro atoms. The Bertz CT molecular complexity index is 864. The molecule has 31 heavy (non-hydrogen) atoms. The molecule has 3 fully saturated rings. The number of carbonyl (C=O) groups is 4. The first kappa shape index (κ1) is 21.3. The highest BCUT2D eigenvalue weighted by atomic mass is 16.2. The zero-order valence-corrected chi connectivity index (χ0v) is 17.8. The van der Waals surface area contributed by atoms with Crippen LogP contribution in [0.25, 0.3) is 0 Å². The topological polar surface area (TPSA) is 102 Å². The molecule has 9 nitrogen and oxygen atoms in total. The first-order chi connectivity index (χ1) is 14.9. The van der Waals surface area contributed by atoms with Gasteiger partial charge in [-0.25, -0.2) is 4.79 Å². The van der Waals surface area contributed by atoms with Crippen molar-refractivity contribution in [2.45, 2.75) is 38.1 Å². The van der Waals surface area contributed by atoms with E-state index in [1.165, 1.54) is 0 Å². The molecule has 2 saturated heterocycles. The summed E-state index contributed by atoms with van der Waals surface area (Å²) in [5, 5.41) is 3.50. The standard InChI is InChI=1S/C22H29N5O4/c1-22(10-9-16-5-3-2-4-6-16)20(30)27(21(31)23-22)24-18(28)15-25-11-13-26(14-12-25)19(29)17-7-8-17/h2-6,17H,7-15H2,1H3,(H,23,31)(H,24,28). The van der Waals surface area contributed by atoms with Gasteiger partial charge in [0.05, 0.1) is 6.54 Å². The minimum absolute atomic E-state index is 0.0727. The Morgan fingerprint density at radius 1 is 1.10 bits per heavy atom. The Hall–Kier alpha value is -2.94. The van der Waals surface area contributed by atoms with Crippen LogP contribution in [0.5, 0.6) is 0 Å². The second-order valence-corrected chi connectivity index (χ2v) is 8.80. The van der Waals surface area contributed by atoms with Crippen molar-refractivity contribution in [3.05, 3.63) is 35.9 Å². The summed E-state index contributed by atoms with van der Waals surface area (Å²) < 4.78 is 0. The lowest BCUT2D eigenvalue weighted by Crippen LogP contribution is -2.54. The van der Waals surface area contributed by atoms with Gasteiger partial charge in [0.2, 0.25) is 5.91 Å². The van der Waals surface area contributed by atoms with Gasteiger partial charge in [-0.1, -0.05) is 30.3 Å². The summed E-state index contributed by atoms with van der Waals surface area (Å²) in [6.07, 6.45) is 3.04. The van der Waals surface area contributed by atoms with Crippen LogP contribution in [0.15, 0.2) is 30.3 Å². The van der Waals surface area contributed by atoms with Crippen LogP contribution >= 0.6 is 0 Å². The molecule has 4 rings (SSSR count). The van der Waals surface area contributed by atoms with Gasteiger partial charge in [0.1, 0.15) is 5.54 Å². The lowest BCUT2D eigenvalue weighted by molar-refractivity contribution is -0.140. The molecule has 2 heterocycles. The van der Waals surface area contributed by atoms with Crippen LogP contribution in [0.1, 0.15) is 31.7 Å². The molecule has 1 aromatic rings. The number of rotatable bonds is 7. The number of nitrogens with one attached hydrogen (secondary N) is 2. The molecule has 1 aliphatic carbocycles. The van der Waals surface area contributed by atoms with Crippen molar-refractivity contribution in [1.29, 1.82) is 0 Å². The Labute approximate surface area is 181 Å². The van der Waals surface area contributed by atoms with Crippen LogP contribution in [0.4, 0.5) is 4.79 Å². The van der Waals surface area contributed by atoms with Crippen molar-refractivity contribution >= 4 is 23.8 Å². The van der Waals surface area contributed by atoms with Crippen LogP contribution in [0, 0.1) is 5.92 Å². The van der Waals surface area contributed by atoms with Gasteiger partial charge in [0.25, 0.3) is 11.8 Å². The fourth-order valence-electron chi connectivity index (χ4n) is 4.07. The van der Waals surface area contributed by atoms with Gasteiger partial charge in [-0.3, -0.25) is 24.7 Å². The summed E-state index contributed by atoms with van der Waals surface area (Å²) in [5.41, 5.74) is 2.47. The second-order valence-electron chi connectivity index (χ2n) is 8.80. The quantitative estimate of drug-likeness (QED) is 0.618. The van der Waals surface area contributed by atoms with E-state index < -0.39 is 23.4 Å². The highest BCUT2D eigenvalue weighted by molar-refractivity contribution is 6.07. The molecule has 5 amide bonds. The largest absolute Gasteiger partial charge is 0.344 e. The third kappa shape index (κ3) is 4.87. The minimum Gasteiger partial charge on any atom is -0.340 e. The van der Waals surface area contributed by atoms with Crippen molar-refractivity contribution in [3.63, 3.8) is 0 Å². The summed E-state index contributed by atoms with van der Waals surface area (Å²) in [4.78, 5) is 53.6. The first-order valence-corrected chi connectivity index (χ1v) is 10.9. The summed E-state index contributed by atoms with van der Waals surface area (Å²) in [7, 11) is 0. The van der Waals surface area contributed by atoms with Gasteiger partial charge >= 0.3 is 6.03 Å². The zero-order chi connectivity index (χ0) is 22.0. The van der Waals surface area contributed by atoms with E-state index in [2.05, 4.69) is 10.7 Å². The van der Waals surface area contributed by atoms with E-state index in [0.717, 1.165) is 23.4 Å². The molecule has 166 valence electrons. The average Bonchev–Trinajstić information content (AvgIpc) is 3.59. The van der Waals surface area contributed by atoms with Crippen molar-refractivity contribution in [2.75, 3.05) is 32.7 Å². The molecule has 9 heteroatoms. The number of hydrogen-bond donors (Lipinski definition) is 2. The Morgan fingerprint density at radius 2 is 1.77 bits per heavy atom. The number of benzene rings is 1. The maximum atomic E-state index is 12.8. The summed E-state index contributed by atoms with van der Waals surface area (Å²) >= 11 is 0. The van der Waals surface area contributed by atoms with E-state index in [1.54, 1.807) is 6.92 Å². The SMILES string of the molecule is CC1(CCc2ccccc2)NC(=O)N(NC(=O)CN2CCN(C(=O)C3CC3)CC2)C1=O. The highest BCUT2D eigenvalue weighted by Gasteiger charge is 2.48. The number of urea groups is 1. The number of carbonyl (C=O) groups excluding carboxylic acids is 4. The van der Waals surface area contributed by atoms with Crippen LogP contribution in [0.2, 0.25) is 0 Å². The molecule has 0 aromatic heterocycles. The number of nitrogens with zero attached hydrogens (tertiary/aromatic N) is 3. The highest BCUT2D eigenvalue weighted by Crippen LogP contribution is 2.31. The molecule has 2 N–H and O–H groups in total. The molecule has 0 radical (unpaired) electrons. The van der Waals surface area contributed by atoms with E-state index in [0.29, 0.717) is 39.0 Å². The van der Waals surface area contributed by atoms with Gasteiger partial charge in [-0.2, -0.15) is 5.01 Å². The molecule has 3 aliphatic rings. The van der Waals surface area contributed by atoms with Gasteiger partial charge in [0, 0.05) is 32.1 Å². The fraction of sp³-hybridized carbons (Fsp3) is 0.545. The Morgan fingerprint density at radius 3 is 2.42 bits per heavy atom. The van der Waals surface area contributed by atoms with Gasteiger partial charge in [-0.15, -0.1) is 0 Å². The fourth-order valence-corrected chi connectivity index (χ4v) is 4.07. The first-order valence-electron chi connectivity index (χ1n) is 10.9. The molecule has 1 aromatic carbocycles. The number of piperazine rings is 1. The summed E-state index contributed by atoms with van der Waals surface area (Å²) in [5.74, 6) is -0.455. The lowest BCUT2D eigenvalue weighted by Gasteiger charge is -2.34. The molecule has 1 unspecified atom stereocenters. The molecule has 0 bridgehead atoms. The normalized spacial score (nSPS) is 24.3. The number of hydrazine groups is 1. The Balaban J connectivity index is 1.25. The number of hydrogen-bond acceptors (Lipinski definition) is 5. The average molecular weight is 428 g/mol. The van der Waals surface area contributed by atoms with Crippen LogP contribution in [-0.2, 0) is 20.8 Å². The van der Waals surface area contributed by atoms with Crippen LogP contribution < -0.4 is 10.7 Å². The molecular formula is C22H29N5O4. The third-order valence-corrected chi connectivity index (χ3v) is 6.23. The Kier molecular flexibility index (Phi) is 5.95. The van der Waals surface area contributed by atoms with Crippen LogP contribution in [-0.4, -0.2) is 76.8 Å². The minimum atomic E-state index is -1.06. The van der Waals surface area contributed by atoms with Gasteiger partial charge < -0.3 is 10.2 Å². The summed E-state index contributed by atoms with van der Waals surface area (Å²) in [6, 6.07) is 9.12. The molecule has 2 aliphatic heterocycles.